The Labute approximate surface area is 79.5 Å². The van der Waals surface area contributed by atoms with Crippen LogP contribution in [0.1, 0.15) is 20.8 Å². The molecule has 0 bridgehead atoms. The fraction of sp³-hybridized carbons (Fsp3) is 0.889. The number of ether oxygens (including phenoxy) is 1. The fourth-order valence-electron chi connectivity index (χ4n) is 0.899. The molecule has 0 fully saturated rings. The molecule has 13 heavy (non-hydrogen) atoms. The Morgan fingerprint density at radius 1 is 1.54 bits per heavy atom. The Morgan fingerprint density at radius 2 is 2.08 bits per heavy atom. The van der Waals surface area contributed by atoms with Gasteiger partial charge >= 0.3 is 5.97 Å². The van der Waals surface area contributed by atoms with E-state index in [1.54, 1.807) is 0 Å². The number of hydrogen-bond acceptors (Lipinski definition) is 4. The standard InChI is InChI=1S/C9H19NO3/c1-7(2)10(4)5-9(6-11)13-8(3)12/h7,9,11H,5-6H2,1-4H3. The average Bonchev–Trinajstić information content (AvgIpc) is 2.02. The van der Waals surface area contributed by atoms with E-state index in [1.807, 2.05) is 25.8 Å². The number of esters is 1. The summed E-state index contributed by atoms with van der Waals surface area (Å²) in [4.78, 5) is 12.6. The van der Waals surface area contributed by atoms with Crippen molar-refractivity contribution in [1.82, 2.24) is 4.90 Å². The van der Waals surface area contributed by atoms with E-state index in [9.17, 15) is 4.79 Å². The van der Waals surface area contributed by atoms with Gasteiger partial charge in [-0.15, -0.1) is 0 Å². The van der Waals surface area contributed by atoms with Crippen LogP contribution in [0.5, 0.6) is 0 Å². The number of aliphatic hydroxyl groups is 1. The molecule has 0 heterocycles. The molecule has 0 saturated heterocycles. The second kappa shape index (κ2) is 5.94. The smallest absolute Gasteiger partial charge is 0.303 e. The summed E-state index contributed by atoms with van der Waals surface area (Å²) in [5.41, 5.74) is 0. The zero-order chi connectivity index (χ0) is 10.4. The van der Waals surface area contributed by atoms with E-state index in [0.717, 1.165) is 0 Å². The normalized spacial score (nSPS) is 13.5. The lowest BCUT2D eigenvalue weighted by Crippen LogP contribution is -2.38. The first-order valence-electron chi connectivity index (χ1n) is 4.45. The van der Waals surface area contributed by atoms with Gasteiger partial charge in [-0.3, -0.25) is 4.79 Å². The van der Waals surface area contributed by atoms with Crippen LogP contribution in [0.3, 0.4) is 0 Å². The van der Waals surface area contributed by atoms with Crippen molar-refractivity contribution in [2.45, 2.75) is 32.9 Å². The Bertz CT molecular complexity index is 159. The van der Waals surface area contributed by atoms with Crippen LogP contribution in [0.4, 0.5) is 0 Å². The minimum atomic E-state index is -0.412. The second-order valence-corrected chi connectivity index (χ2v) is 3.45. The molecule has 1 N–H and O–H groups in total. The number of aliphatic hydroxyl groups excluding tert-OH is 1. The quantitative estimate of drug-likeness (QED) is 0.630. The van der Waals surface area contributed by atoms with Gasteiger partial charge in [-0.05, 0) is 20.9 Å². The Hall–Kier alpha value is -0.610. The molecule has 0 aromatic heterocycles. The Balaban J connectivity index is 3.90. The van der Waals surface area contributed by atoms with Crippen molar-refractivity contribution in [3.63, 3.8) is 0 Å². The number of nitrogens with zero attached hydrogens (tertiary/aromatic N) is 1. The van der Waals surface area contributed by atoms with Crippen LogP contribution in [0.2, 0.25) is 0 Å². The van der Waals surface area contributed by atoms with Gasteiger partial charge in [0.2, 0.25) is 0 Å². The first-order valence-corrected chi connectivity index (χ1v) is 4.45. The second-order valence-electron chi connectivity index (χ2n) is 3.45. The van der Waals surface area contributed by atoms with Crippen molar-refractivity contribution in [3.05, 3.63) is 0 Å². The van der Waals surface area contributed by atoms with Gasteiger partial charge in [-0.25, -0.2) is 0 Å². The third-order valence-electron chi connectivity index (χ3n) is 1.91. The summed E-state index contributed by atoms with van der Waals surface area (Å²) < 4.78 is 4.89. The molecule has 0 amide bonds. The van der Waals surface area contributed by atoms with Gasteiger partial charge in [0.1, 0.15) is 6.10 Å². The summed E-state index contributed by atoms with van der Waals surface area (Å²) in [6.45, 7) is 5.87. The molecule has 0 aromatic carbocycles. The molecule has 1 atom stereocenters. The minimum absolute atomic E-state index is 0.128. The van der Waals surface area contributed by atoms with Crippen molar-refractivity contribution in [3.8, 4) is 0 Å². The van der Waals surface area contributed by atoms with Crippen LogP contribution < -0.4 is 0 Å². The summed E-state index contributed by atoms with van der Waals surface area (Å²) in [6.07, 6.45) is -0.412. The van der Waals surface area contributed by atoms with E-state index >= 15 is 0 Å². The first kappa shape index (κ1) is 12.4. The average molecular weight is 189 g/mol. The Morgan fingerprint density at radius 3 is 2.38 bits per heavy atom. The monoisotopic (exact) mass is 189 g/mol. The highest BCUT2D eigenvalue weighted by Crippen LogP contribution is 1.99. The van der Waals surface area contributed by atoms with E-state index in [4.69, 9.17) is 9.84 Å². The summed E-state index contributed by atoms with van der Waals surface area (Å²) in [6, 6.07) is 0.379. The summed E-state index contributed by atoms with van der Waals surface area (Å²) >= 11 is 0. The van der Waals surface area contributed by atoms with Crippen LogP contribution in [0.15, 0.2) is 0 Å². The topological polar surface area (TPSA) is 49.8 Å². The number of rotatable bonds is 5. The highest BCUT2D eigenvalue weighted by Gasteiger charge is 2.14. The van der Waals surface area contributed by atoms with Gasteiger partial charge in [0.25, 0.3) is 0 Å². The van der Waals surface area contributed by atoms with Crippen molar-refractivity contribution in [1.29, 1.82) is 0 Å². The number of carbonyl (C=O) groups is 1. The maximum Gasteiger partial charge on any atom is 0.303 e. The molecule has 0 aliphatic rings. The third kappa shape index (κ3) is 5.60. The zero-order valence-corrected chi connectivity index (χ0v) is 8.78. The molecule has 1 unspecified atom stereocenters. The highest BCUT2D eigenvalue weighted by molar-refractivity contribution is 5.66. The van der Waals surface area contributed by atoms with Crippen LogP contribution in [-0.2, 0) is 9.53 Å². The van der Waals surface area contributed by atoms with Crippen LogP contribution in [0, 0.1) is 0 Å². The Kier molecular flexibility index (Phi) is 5.66. The van der Waals surface area contributed by atoms with E-state index in [1.165, 1.54) is 6.92 Å². The summed E-state index contributed by atoms with van der Waals surface area (Å²) in [7, 11) is 1.93. The third-order valence-corrected chi connectivity index (χ3v) is 1.91. The zero-order valence-electron chi connectivity index (χ0n) is 8.78. The molecule has 4 heteroatoms. The molecule has 0 aliphatic heterocycles. The van der Waals surface area contributed by atoms with Gasteiger partial charge in [0.05, 0.1) is 6.61 Å². The lowest BCUT2D eigenvalue weighted by atomic mass is 10.3. The fourth-order valence-corrected chi connectivity index (χ4v) is 0.899. The molecular formula is C9H19NO3. The van der Waals surface area contributed by atoms with E-state index in [-0.39, 0.29) is 12.6 Å². The molecule has 0 radical (unpaired) electrons. The van der Waals surface area contributed by atoms with Gasteiger partial charge in [-0.1, -0.05) is 0 Å². The van der Waals surface area contributed by atoms with E-state index in [0.29, 0.717) is 12.6 Å². The van der Waals surface area contributed by atoms with E-state index in [2.05, 4.69) is 0 Å². The van der Waals surface area contributed by atoms with Crippen molar-refractivity contribution in [2.24, 2.45) is 0 Å². The van der Waals surface area contributed by atoms with Gasteiger partial charge in [0.15, 0.2) is 0 Å². The van der Waals surface area contributed by atoms with Crippen molar-refractivity contribution in [2.75, 3.05) is 20.2 Å². The van der Waals surface area contributed by atoms with Crippen molar-refractivity contribution >= 4 is 5.97 Å². The lowest BCUT2D eigenvalue weighted by Gasteiger charge is -2.25. The molecule has 0 saturated carbocycles. The number of hydrogen-bond donors (Lipinski definition) is 1. The maximum atomic E-state index is 10.6. The van der Waals surface area contributed by atoms with Crippen LogP contribution in [0.25, 0.3) is 0 Å². The molecule has 0 rings (SSSR count). The van der Waals surface area contributed by atoms with Crippen LogP contribution in [-0.4, -0.2) is 48.3 Å². The summed E-state index contributed by atoms with van der Waals surface area (Å²) in [5.74, 6) is -0.351. The number of likely N-dealkylation sites (N-methyl/N-ethyl adjacent to an activating group) is 1. The van der Waals surface area contributed by atoms with Crippen LogP contribution >= 0.6 is 0 Å². The number of carbonyl (C=O) groups excluding carboxylic acids is 1. The lowest BCUT2D eigenvalue weighted by molar-refractivity contribution is -0.149. The summed E-state index contributed by atoms with van der Waals surface area (Å²) in [5, 5.41) is 8.90. The molecular weight excluding hydrogens is 170 g/mol. The predicted molar refractivity (Wildman–Crippen MR) is 50.4 cm³/mol. The highest BCUT2D eigenvalue weighted by atomic mass is 16.5. The molecule has 4 nitrogen and oxygen atoms in total. The SMILES string of the molecule is CC(=O)OC(CO)CN(C)C(C)C. The van der Waals surface area contributed by atoms with Gasteiger partial charge in [0, 0.05) is 19.5 Å². The molecule has 0 spiro atoms. The predicted octanol–water partition coefficient (Wildman–Crippen LogP) is 0.251. The van der Waals surface area contributed by atoms with E-state index < -0.39 is 6.10 Å². The molecule has 0 aromatic rings. The molecule has 78 valence electrons. The minimum Gasteiger partial charge on any atom is -0.459 e. The van der Waals surface area contributed by atoms with Gasteiger partial charge < -0.3 is 14.7 Å². The maximum absolute atomic E-state index is 10.6. The largest absolute Gasteiger partial charge is 0.459 e. The van der Waals surface area contributed by atoms with Crippen molar-refractivity contribution < 1.29 is 14.6 Å². The first-order chi connectivity index (χ1) is 5.97. The molecule has 0 aliphatic carbocycles. The van der Waals surface area contributed by atoms with Gasteiger partial charge in [-0.2, -0.15) is 0 Å².